The van der Waals surface area contributed by atoms with Crippen LogP contribution in [0.3, 0.4) is 0 Å². The summed E-state index contributed by atoms with van der Waals surface area (Å²) < 4.78 is 11.3. The fraction of sp³-hybridized carbons (Fsp3) is 0.520. The standard InChI is InChI=1S/C25H32N2O4/c1-2-23(19-8-4-3-5-9-19)25(29)27(20-12-13-20)18-24(28)26(16-21-10-6-14-30-21)17-22-11-7-15-31-22/h3-6,8-10,14,20,22-23H,2,7,11-13,15-18H2,1H3/t22-,23-/m1/s1. The summed E-state index contributed by atoms with van der Waals surface area (Å²) in [7, 11) is 0. The minimum atomic E-state index is -0.216. The number of hydrogen-bond acceptors (Lipinski definition) is 4. The number of carbonyl (C=O) groups is 2. The van der Waals surface area contributed by atoms with Crippen LogP contribution < -0.4 is 0 Å². The number of nitrogens with zero attached hydrogens (tertiary/aromatic N) is 2. The SMILES string of the molecule is CC[C@@H](C(=O)N(CC(=O)N(Cc1ccco1)C[C@H]1CCCO1)C1CC1)c1ccccc1. The molecule has 2 amide bonds. The van der Waals surface area contributed by atoms with Crippen molar-refractivity contribution in [3.05, 3.63) is 60.1 Å². The van der Waals surface area contributed by atoms with Crippen LogP contribution in [0.4, 0.5) is 0 Å². The van der Waals surface area contributed by atoms with E-state index in [4.69, 9.17) is 9.15 Å². The predicted molar refractivity (Wildman–Crippen MR) is 117 cm³/mol. The van der Waals surface area contributed by atoms with Crippen LogP contribution in [0.5, 0.6) is 0 Å². The highest BCUT2D eigenvalue weighted by Crippen LogP contribution is 2.31. The van der Waals surface area contributed by atoms with Crippen molar-refractivity contribution in [3.63, 3.8) is 0 Å². The van der Waals surface area contributed by atoms with E-state index in [-0.39, 0.29) is 36.4 Å². The first kappa shape index (κ1) is 21.6. The van der Waals surface area contributed by atoms with Gasteiger partial charge < -0.3 is 19.0 Å². The van der Waals surface area contributed by atoms with Crippen molar-refractivity contribution >= 4 is 11.8 Å². The predicted octanol–water partition coefficient (Wildman–Crippen LogP) is 3.97. The Hall–Kier alpha value is -2.60. The Bertz CT molecular complexity index is 842. The third-order valence-corrected chi connectivity index (χ3v) is 6.21. The summed E-state index contributed by atoms with van der Waals surface area (Å²) >= 11 is 0. The van der Waals surface area contributed by atoms with Gasteiger partial charge in [-0.1, -0.05) is 37.3 Å². The molecule has 2 heterocycles. The van der Waals surface area contributed by atoms with E-state index in [2.05, 4.69) is 0 Å². The third kappa shape index (κ3) is 5.56. The van der Waals surface area contributed by atoms with Gasteiger partial charge in [-0.05, 0) is 49.8 Å². The van der Waals surface area contributed by atoms with Crippen LogP contribution in [0.25, 0.3) is 0 Å². The Morgan fingerprint density at radius 1 is 1.10 bits per heavy atom. The quantitative estimate of drug-likeness (QED) is 0.579. The molecular weight excluding hydrogens is 392 g/mol. The van der Waals surface area contributed by atoms with Gasteiger partial charge in [0.05, 0.1) is 24.8 Å². The highest BCUT2D eigenvalue weighted by atomic mass is 16.5. The molecule has 0 bridgehead atoms. The van der Waals surface area contributed by atoms with Gasteiger partial charge in [0, 0.05) is 19.2 Å². The maximum Gasteiger partial charge on any atom is 0.242 e. The van der Waals surface area contributed by atoms with Gasteiger partial charge in [-0.3, -0.25) is 9.59 Å². The molecule has 166 valence electrons. The minimum Gasteiger partial charge on any atom is -0.467 e. The second kappa shape index (κ2) is 10.1. The average Bonchev–Trinajstić information content (AvgIpc) is 3.24. The minimum absolute atomic E-state index is 0.0462. The van der Waals surface area contributed by atoms with E-state index in [1.165, 1.54) is 0 Å². The molecule has 0 unspecified atom stereocenters. The summed E-state index contributed by atoms with van der Waals surface area (Å²) in [6, 6.07) is 13.8. The van der Waals surface area contributed by atoms with Gasteiger partial charge in [-0.2, -0.15) is 0 Å². The maximum atomic E-state index is 13.5. The Balaban J connectivity index is 1.48. The summed E-state index contributed by atoms with van der Waals surface area (Å²) in [6.07, 6.45) is 6.30. The Kier molecular flexibility index (Phi) is 7.07. The molecule has 1 aliphatic carbocycles. The second-order valence-corrected chi connectivity index (χ2v) is 8.56. The molecule has 1 aliphatic heterocycles. The molecule has 0 N–H and O–H groups in total. The topological polar surface area (TPSA) is 63.0 Å². The zero-order chi connectivity index (χ0) is 21.6. The number of furan rings is 1. The zero-order valence-corrected chi connectivity index (χ0v) is 18.2. The van der Waals surface area contributed by atoms with Crippen molar-refractivity contribution in [1.82, 2.24) is 9.80 Å². The molecule has 0 spiro atoms. The van der Waals surface area contributed by atoms with Crippen molar-refractivity contribution in [2.75, 3.05) is 19.7 Å². The average molecular weight is 425 g/mol. The van der Waals surface area contributed by atoms with E-state index < -0.39 is 0 Å². The summed E-state index contributed by atoms with van der Waals surface area (Å²) in [6.45, 7) is 3.81. The molecule has 2 aromatic rings. The van der Waals surface area contributed by atoms with E-state index >= 15 is 0 Å². The first-order valence-corrected chi connectivity index (χ1v) is 11.4. The molecule has 2 aliphatic rings. The molecule has 0 radical (unpaired) electrons. The third-order valence-electron chi connectivity index (χ3n) is 6.21. The Morgan fingerprint density at radius 3 is 2.52 bits per heavy atom. The summed E-state index contributed by atoms with van der Waals surface area (Å²) in [5.74, 6) is 0.535. The molecule has 1 saturated heterocycles. The van der Waals surface area contributed by atoms with Crippen molar-refractivity contribution in [2.45, 2.75) is 63.6 Å². The zero-order valence-electron chi connectivity index (χ0n) is 18.2. The fourth-order valence-corrected chi connectivity index (χ4v) is 4.34. The number of amides is 2. The molecule has 31 heavy (non-hydrogen) atoms. The van der Waals surface area contributed by atoms with Gasteiger partial charge in [0.25, 0.3) is 0 Å². The van der Waals surface area contributed by atoms with Gasteiger partial charge >= 0.3 is 0 Å². The molecule has 4 rings (SSSR count). The highest BCUT2D eigenvalue weighted by Gasteiger charge is 2.38. The van der Waals surface area contributed by atoms with Crippen LogP contribution in [0.1, 0.15) is 56.3 Å². The largest absolute Gasteiger partial charge is 0.467 e. The molecule has 6 nitrogen and oxygen atoms in total. The first-order valence-electron chi connectivity index (χ1n) is 11.4. The molecule has 2 fully saturated rings. The van der Waals surface area contributed by atoms with E-state index in [1.807, 2.05) is 54.3 Å². The Labute approximate surface area is 184 Å². The van der Waals surface area contributed by atoms with E-state index in [0.29, 0.717) is 19.5 Å². The maximum absolute atomic E-state index is 13.5. The van der Waals surface area contributed by atoms with Crippen LogP contribution in [0.15, 0.2) is 53.1 Å². The molecule has 6 heteroatoms. The second-order valence-electron chi connectivity index (χ2n) is 8.56. The normalized spacial score (nSPS) is 19.2. The van der Waals surface area contributed by atoms with Crippen LogP contribution in [0, 0.1) is 0 Å². The lowest BCUT2D eigenvalue weighted by molar-refractivity contribution is -0.143. The number of carbonyl (C=O) groups excluding carboxylic acids is 2. The van der Waals surface area contributed by atoms with Crippen molar-refractivity contribution < 1.29 is 18.7 Å². The van der Waals surface area contributed by atoms with Gasteiger partial charge in [0.2, 0.25) is 11.8 Å². The number of rotatable bonds is 10. The van der Waals surface area contributed by atoms with Crippen molar-refractivity contribution in [1.29, 1.82) is 0 Å². The van der Waals surface area contributed by atoms with Gasteiger partial charge in [0.15, 0.2) is 0 Å². The molecule has 1 saturated carbocycles. The number of benzene rings is 1. The summed E-state index contributed by atoms with van der Waals surface area (Å²) in [5, 5.41) is 0. The number of ether oxygens (including phenoxy) is 1. The fourth-order valence-electron chi connectivity index (χ4n) is 4.34. The van der Waals surface area contributed by atoms with Crippen LogP contribution >= 0.6 is 0 Å². The van der Waals surface area contributed by atoms with Crippen LogP contribution in [-0.4, -0.2) is 53.5 Å². The van der Waals surface area contributed by atoms with E-state index in [0.717, 1.165) is 43.6 Å². The molecular formula is C25H32N2O4. The summed E-state index contributed by atoms with van der Waals surface area (Å²) in [5.41, 5.74) is 1.01. The van der Waals surface area contributed by atoms with Crippen molar-refractivity contribution in [3.8, 4) is 0 Å². The van der Waals surface area contributed by atoms with Gasteiger partial charge in [-0.25, -0.2) is 0 Å². The van der Waals surface area contributed by atoms with Crippen LogP contribution in [-0.2, 0) is 20.9 Å². The lowest BCUT2D eigenvalue weighted by atomic mass is 9.95. The molecule has 1 aromatic heterocycles. The summed E-state index contributed by atoms with van der Waals surface area (Å²) in [4.78, 5) is 30.5. The van der Waals surface area contributed by atoms with Gasteiger partial charge in [0.1, 0.15) is 12.3 Å². The molecule has 1 aromatic carbocycles. The van der Waals surface area contributed by atoms with Crippen molar-refractivity contribution in [2.24, 2.45) is 0 Å². The smallest absolute Gasteiger partial charge is 0.242 e. The first-order chi connectivity index (χ1) is 15.2. The van der Waals surface area contributed by atoms with Crippen LogP contribution in [0.2, 0.25) is 0 Å². The monoisotopic (exact) mass is 424 g/mol. The highest BCUT2D eigenvalue weighted by molar-refractivity contribution is 5.89. The molecule has 2 atom stereocenters. The van der Waals surface area contributed by atoms with E-state index in [1.54, 1.807) is 11.2 Å². The lowest BCUT2D eigenvalue weighted by Gasteiger charge is -2.31. The number of hydrogen-bond donors (Lipinski definition) is 0. The lowest BCUT2D eigenvalue weighted by Crippen LogP contribution is -2.47. The van der Waals surface area contributed by atoms with E-state index in [9.17, 15) is 9.59 Å². The Morgan fingerprint density at radius 2 is 1.90 bits per heavy atom. The van der Waals surface area contributed by atoms with Gasteiger partial charge in [-0.15, -0.1) is 0 Å².